The lowest BCUT2D eigenvalue weighted by atomic mass is 10.1. The third-order valence-electron chi connectivity index (χ3n) is 3.14. The normalized spacial score (nSPS) is 21.6. The van der Waals surface area contributed by atoms with Crippen molar-refractivity contribution in [1.82, 2.24) is 4.90 Å². The molecule has 2 N–H and O–H groups in total. The van der Waals surface area contributed by atoms with Crippen molar-refractivity contribution in [1.29, 1.82) is 0 Å². The Morgan fingerprint density at radius 2 is 2.35 bits per heavy atom. The Balaban J connectivity index is 1.97. The van der Waals surface area contributed by atoms with E-state index in [9.17, 15) is 0 Å². The minimum Gasteiger partial charge on any atom is -0.398 e. The van der Waals surface area contributed by atoms with Crippen molar-refractivity contribution in [2.75, 3.05) is 25.4 Å². The molecule has 1 aromatic carbocycles. The van der Waals surface area contributed by atoms with E-state index in [0.29, 0.717) is 16.8 Å². The van der Waals surface area contributed by atoms with Gasteiger partial charge in [0.1, 0.15) is 0 Å². The van der Waals surface area contributed by atoms with Crippen LogP contribution in [-0.2, 0) is 11.3 Å². The Hall–Kier alpha value is -0.770. The van der Waals surface area contributed by atoms with E-state index in [2.05, 4.69) is 11.8 Å². The van der Waals surface area contributed by atoms with Crippen molar-refractivity contribution in [3.8, 4) is 0 Å². The lowest BCUT2D eigenvalue weighted by Gasteiger charge is -2.32. The smallest absolute Gasteiger partial charge is 0.0700 e. The van der Waals surface area contributed by atoms with Gasteiger partial charge in [-0.25, -0.2) is 0 Å². The fraction of sp³-hybridized carbons (Fsp3) is 0.538. The first-order valence-electron chi connectivity index (χ1n) is 6.07. The van der Waals surface area contributed by atoms with E-state index >= 15 is 0 Å². The van der Waals surface area contributed by atoms with Crippen LogP contribution >= 0.6 is 11.6 Å². The topological polar surface area (TPSA) is 38.5 Å². The third-order valence-corrected chi connectivity index (χ3v) is 3.49. The maximum Gasteiger partial charge on any atom is 0.0700 e. The van der Waals surface area contributed by atoms with Gasteiger partial charge >= 0.3 is 0 Å². The first-order valence-corrected chi connectivity index (χ1v) is 6.44. The molecule has 0 spiro atoms. The zero-order valence-electron chi connectivity index (χ0n) is 10.2. The van der Waals surface area contributed by atoms with Crippen LogP contribution in [0.3, 0.4) is 0 Å². The second-order valence-corrected chi connectivity index (χ2v) is 4.90. The van der Waals surface area contributed by atoms with Crippen LogP contribution in [0.15, 0.2) is 18.2 Å². The van der Waals surface area contributed by atoms with Gasteiger partial charge in [0, 0.05) is 19.6 Å². The summed E-state index contributed by atoms with van der Waals surface area (Å²) < 4.78 is 5.65. The zero-order valence-corrected chi connectivity index (χ0v) is 10.9. The Morgan fingerprint density at radius 1 is 1.53 bits per heavy atom. The molecule has 1 aromatic rings. The Kier molecular flexibility index (Phi) is 4.26. The molecular formula is C13H19ClN2O. The van der Waals surface area contributed by atoms with E-state index in [-0.39, 0.29) is 0 Å². The average Bonchev–Trinajstić information content (AvgIpc) is 2.34. The maximum absolute atomic E-state index is 5.91. The molecule has 0 bridgehead atoms. The van der Waals surface area contributed by atoms with Gasteiger partial charge in [0.25, 0.3) is 0 Å². The molecule has 1 aliphatic heterocycles. The summed E-state index contributed by atoms with van der Waals surface area (Å²) >= 11 is 5.91. The summed E-state index contributed by atoms with van der Waals surface area (Å²) in [6, 6.07) is 5.86. The number of hydrogen-bond donors (Lipinski definition) is 1. The fourth-order valence-corrected chi connectivity index (χ4v) is 2.24. The lowest BCUT2D eigenvalue weighted by Crippen LogP contribution is -2.41. The van der Waals surface area contributed by atoms with E-state index in [0.717, 1.165) is 32.7 Å². The Morgan fingerprint density at radius 3 is 3.06 bits per heavy atom. The van der Waals surface area contributed by atoms with Gasteiger partial charge in [-0.1, -0.05) is 24.6 Å². The van der Waals surface area contributed by atoms with Crippen molar-refractivity contribution >= 4 is 17.3 Å². The van der Waals surface area contributed by atoms with Gasteiger partial charge in [0.15, 0.2) is 0 Å². The molecule has 2 rings (SSSR count). The van der Waals surface area contributed by atoms with Gasteiger partial charge in [-0.2, -0.15) is 0 Å². The number of hydrogen-bond acceptors (Lipinski definition) is 3. The molecule has 1 aliphatic rings. The van der Waals surface area contributed by atoms with Crippen LogP contribution in [-0.4, -0.2) is 30.7 Å². The fourth-order valence-electron chi connectivity index (χ4n) is 2.12. The van der Waals surface area contributed by atoms with E-state index in [1.807, 2.05) is 18.2 Å². The van der Waals surface area contributed by atoms with Crippen LogP contribution in [0.5, 0.6) is 0 Å². The summed E-state index contributed by atoms with van der Waals surface area (Å²) in [4.78, 5) is 2.40. The second kappa shape index (κ2) is 5.71. The third kappa shape index (κ3) is 3.35. The van der Waals surface area contributed by atoms with Crippen molar-refractivity contribution in [2.45, 2.75) is 26.0 Å². The van der Waals surface area contributed by atoms with Crippen LogP contribution in [0.25, 0.3) is 0 Å². The first kappa shape index (κ1) is 12.7. The molecule has 17 heavy (non-hydrogen) atoms. The number of morpholine rings is 1. The molecule has 0 amide bonds. The van der Waals surface area contributed by atoms with Crippen LogP contribution in [0.4, 0.5) is 5.69 Å². The summed E-state index contributed by atoms with van der Waals surface area (Å²) in [5.74, 6) is 0. The molecule has 1 unspecified atom stereocenters. The molecule has 1 heterocycles. The standard InChI is InChI=1S/C13H19ClN2O/c1-2-11-9-16(5-6-17-11)8-10-3-4-12(14)13(15)7-10/h3-4,7,11H,2,5-6,8-9,15H2,1H3. The molecule has 0 aliphatic carbocycles. The highest BCUT2D eigenvalue weighted by atomic mass is 35.5. The highest BCUT2D eigenvalue weighted by Gasteiger charge is 2.18. The molecule has 3 nitrogen and oxygen atoms in total. The van der Waals surface area contributed by atoms with E-state index in [1.165, 1.54) is 5.56 Å². The quantitative estimate of drug-likeness (QED) is 0.843. The molecule has 0 radical (unpaired) electrons. The van der Waals surface area contributed by atoms with Crippen molar-refractivity contribution in [2.24, 2.45) is 0 Å². The molecule has 1 saturated heterocycles. The second-order valence-electron chi connectivity index (χ2n) is 4.49. The summed E-state index contributed by atoms with van der Waals surface area (Å²) in [7, 11) is 0. The number of anilines is 1. The van der Waals surface area contributed by atoms with Gasteiger partial charge in [-0.15, -0.1) is 0 Å². The molecule has 1 fully saturated rings. The van der Waals surface area contributed by atoms with Gasteiger partial charge < -0.3 is 10.5 Å². The average molecular weight is 255 g/mol. The molecule has 4 heteroatoms. The van der Waals surface area contributed by atoms with Gasteiger partial charge in [0.2, 0.25) is 0 Å². The molecule has 1 atom stereocenters. The largest absolute Gasteiger partial charge is 0.398 e. The number of nitrogens with zero attached hydrogens (tertiary/aromatic N) is 1. The predicted molar refractivity (Wildman–Crippen MR) is 71.2 cm³/mol. The van der Waals surface area contributed by atoms with Crippen molar-refractivity contribution in [3.63, 3.8) is 0 Å². The number of nitrogen functional groups attached to an aromatic ring is 1. The Bertz CT molecular complexity index is 384. The first-order chi connectivity index (χ1) is 8.19. The Labute approximate surface area is 107 Å². The summed E-state index contributed by atoms with van der Waals surface area (Å²) in [6.07, 6.45) is 1.44. The van der Waals surface area contributed by atoms with Gasteiger partial charge in [-0.05, 0) is 24.1 Å². The lowest BCUT2D eigenvalue weighted by molar-refractivity contribution is -0.0324. The number of benzene rings is 1. The number of nitrogens with two attached hydrogens (primary N) is 1. The SMILES string of the molecule is CCC1CN(Cc2ccc(Cl)c(N)c2)CCO1. The summed E-state index contributed by atoms with van der Waals surface area (Å²) in [5.41, 5.74) is 7.67. The minimum atomic E-state index is 0.369. The van der Waals surface area contributed by atoms with Crippen molar-refractivity contribution in [3.05, 3.63) is 28.8 Å². The molecular weight excluding hydrogens is 236 g/mol. The predicted octanol–water partition coefficient (Wildman–Crippen LogP) is 2.53. The van der Waals surface area contributed by atoms with Crippen LogP contribution < -0.4 is 5.73 Å². The highest BCUT2D eigenvalue weighted by molar-refractivity contribution is 6.33. The van der Waals surface area contributed by atoms with Crippen molar-refractivity contribution < 1.29 is 4.74 Å². The monoisotopic (exact) mass is 254 g/mol. The van der Waals surface area contributed by atoms with Gasteiger partial charge in [0.05, 0.1) is 23.4 Å². The minimum absolute atomic E-state index is 0.369. The summed E-state index contributed by atoms with van der Waals surface area (Å²) in [5, 5.41) is 0.627. The highest BCUT2D eigenvalue weighted by Crippen LogP contribution is 2.21. The van der Waals surface area contributed by atoms with Crippen LogP contribution in [0.1, 0.15) is 18.9 Å². The molecule has 0 saturated carbocycles. The van der Waals surface area contributed by atoms with Gasteiger partial charge in [-0.3, -0.25) is 4.90 Å². The number of ether oxygens (including phenoxy) is 1. The number of halogens is 1. The maximum atomic E-state index is 5.91. The van der Waals surface area contributed by atoms with E-state index in [1.54, 1.807) is 0 Å². The van der Waals surface area contributed by atoms with Crippen LogP contribution in [0, 0.1) is 0 Å². The molecule has 0 aromatic heterocycles. The zero-order chi connectivity index (χ0) is 12.3. The summed E-state index contributed by atoms with van der Waals surface area (Å²) in [6.45, 7) is 5.88. The number of rotatable bonds is 3. The van der Waals surface area contributed by atoms with E-state index in [4.69, 9.17) is 22.1 Å². The molecule has 94 valence electrons. The van der Waals surface area contributed by atoms with Crippen LogP contribution in [0.2, 0.25) is 5.02 Å². The van der Waals surface area contributed by atoms with E-state index < -0.39 is 0 Å².